The van der Waals surface area contributed by atoms with E-state index in [0.717, 1.165) is 141 Å². The Kier molecular flexibility index (Phi) is 56.4. The summed E-state index contributed by atoms with van der Waals surface area (Å²) in [4.78, 5) is 37.8. The van der Waals surface area contributed by atoms with Crippen LogP contribution in [0.4, 0.5) is 0 Å². The fourth-order valence-corrected chi connectivity index (χ4v) is 8.08. The lowest BCUT2D eigenvalue weighted by atomic mass is 10.0. The molecule has 0 radical (unpaired) electrons. The highest BCUT2D eigenvalue weighted by molar-refractivity contribution is 5.71. The Hall–Kier alpha value is -3.93. The molecule has 0 aromatic heterocycles. The van der Waals surface area contributed by atoms with Gasteiger partial charge in [0.15, 0.2) is 6.10 Å². The monoisotopic (exact) mass is 999 g/mol. The molecule has 0 aliphatic rings. The lowest BCUT2D eigenvalue weighted by Crippen LogP contribution is -2.30. The summed E-state index contributed by atoms with van der Waals surface area (Å²) < 4.78 is 16.7. The SMILES string of the molecule is CC/C=C\C/C=C\C/C=C\C/C=C\C/C=C\C/C=C\C/C=C\C/C=C\C/C=C\CCCCCCCC(=O)OCC(COC(=O)CCCCCCC)OC(=O)CCCCCCCCCCCCCCCCCC. The van der Waals surface area contributed by atoms with Crippen LogP contribution in [0.3, 0.4) is 0 Å². The number of allylic oxidation sites excluding steroid dienone is 18. The normalized spacial score (nSPS) is 12.9. The summed E-state index contributed by atoms with van der Waals surface area (Å²) in [6.45, 7) is 6.43. The van der Waals surface area contributed by atoms with Crippen LogP contribution in [-0.2, 0) is 28.6 Å². The molecule has 1 unspecified atom stereocenters. The summed E-state index contributed by atoms with van der Waals surface area (Å²) in [5.41, 5.74) is 0. The Morgan fingerprint density at radius 1 is 0.292 bits per heavy atom. The topological polar surface area (TPSA) is 78.9 Å². The standard InChI is InChI=1S/C66H110O6/c1-4-7-10-13-15-17-19-21-23-25-26-27-28-29-30-31-32-33-34-35-36-37-38-39-40-41-43-44-46-48-50-53-56-59-65(68)71-62-63(61-70-64(67)58-55-52-12-9-6-3)72-66(69)60-57-54-51-49-47-45-42-24-22-20-18-16-14-11-8-5-2/h7,10,15,17,21,23,26-27,29-30,32-33,35-36,38-39,41,43,63H,4-6,8-9,11-14,16,18-20,22,24-25,28,31,34,37,40,42,44-62H2,1-3H3/b10-7-,17-15-,23-21-,27-26-,30-29-,33-32-,36-35-,39-38-,43-41-. The highest BCUT2D eigenvalue weighted by atomic mass is 16.6. The van der Waals surface area contributed by atoms with Gasteiger partial charge in [0.25, 0.3) is 0 Å². The van der Waals surface area contributed by atoms with Gasteiger partial charge in [0.05, 0.1) is 0 Å². The number of unbranched alkanes of at least 4 members (excludes halogenated alkanes) is 24. The number of rotatable bonds is 53. The summed E-state index contributed by atoms with van der Waals surface area (Å²) in [6.07, 6.45) is 81.3. The van der Waals surface area contributed by atoms with Gasteiger partial charge in [-0.15, -0.1) is 0 Å². The van der Waals surface area contributed by atoms with E-state index in [-0.39, 0.29) is 31.1 Å². The molecule has 72 heavy (non-hydrogen) atoms. The molecule has 0 amide bonds. The number of carbonyl (C=O) groups is 3. The van der Waals surface area contributed by atoms with Gasteiger partial charge in [0, 0.05) is 19.3 Å². The number of esters is 3. The van der Waals surface area contributed by atoms with E-state index in [9.17, 15) is 14.4 Å². The Morgan fingerprint density at radius 2 is 0.542 bits per heavy atom. The van der Waals surface area contributed by atoms with Crippen LogP contribution in [0.2, 0.25) is 0 Å². The van der Waals surface area contributed by atoms with Crippen LogP contribution >= 0.6 is 0 Å². The second-order valence-electron chi connectivity index (χ2n) is 19.5. The van der Waals surface area contributed by atoms with Crippen LogP contribution in [0.5, 0.6) is 0 Å². The van der Waals surface area contributed by atoms with Crippen molar-refractivity contribution in [2.75, 3.05) is 13.2 Å². The second kappa shape index (κ2) is 59.6. The first-order valence-electron chi connectivity index (χ1n) is 29.9. The molecular formula is C66H110O6. The van der Waals surface area contributed by atoms with Crippen LogP contribution in [0.1, 0.15) is 271 Å². The van der Waals surface area contributed by atoms with Crippen molar-refractivity contribution in [3.8, 4) is 0 Å². The molecule has 0 rings (SSSR count). The summed E-state index contributed by atoms with van der Waals surface area (Å²) in [7, 11) is 0. The molecule has 0 spiro atoms. The van der Waals surface area contributed by atoms with Crippen LogP contribution in [-0.4, -0.2) is 37.2 Å². The molecule has 0 fully saturated rings. The maximum absolute atomic E-state index is 12.8. The predicted molar refractivity (Wildman–Crippen MR) is 311 cm³/mol. The summed E-state index contributed by atoms with van der Waals surface area (Å²) in [5.74, 6) is -0.913. The average molecular weight is 1000 g/mol. The summed E-state index contributed by atoms with van der Waals surface area (Å²) in [5, 5.41) is 0. The van der Waals surface area contributed by atoms with E-state index in [0.29, 0.717) is 19.3 Å². The molecule has 410 valence electrons. The zero-order valence-corrected chi connectivity index (χ0v) is 46.9. The molecule has 0 aliphatic carbocycles. The lowest BCUT2D eigenvalue weighted by Gasteiger charge is -2.18. The fraction of sp³-hybridized carbons (Fsp3) is 0.682. The molecule has 0 bridgehead atoms. The maximum Gasteiger partial charge on any atom is 0.306 e. The van der Waals surface area contributed by atoms with Crippen LogP contribution in [0.25, 0.3) is 0 Å². The van der Waals surface area contributed by atoms with Gasteiger partial charge < -0.3 is 14.2 Å². The first-order chi connectivity index (χ1) is 35.5. The fourth-order valence-electron chi connectivity index (χ4n) is 8.08. The molecule has 0 aromatic rings. The van der Waals surface area contributed by atoms with E-state index in [2.05, 4.69) is 130 Å². The van der Waals surface area contributed by atoms with Gasteiger partial charge in [-0.3, -0.25) is 14.4 Å². The van der Waals surface area contributed by atoms with Gasteiger partial charge >= 0.3 is 17.9 Å². The molecule has 0 saturated heterocycles. The van der Waals surface area contributed by atoms with E-state index in [4.69, 9.17) is 14.2 Å². The molecule has 0 saturated carbocycles. The van der Waals surface area contributed by atoms with Gasteiger partial charge in [-0.25, -0.2) is 0 Å². The smallest absolute Gasteiger partial charge is 0.306 e. The van der Waals surface area contributed by atoms with Crippen molar-refractivity contribution >= 4 is 17.9 Å². The number of carbonyl (C=O) groups excluding carboxylic acids is 3. The van der Waals surface area contributed by atoms with Crippen molar-refractivity contribution in [1.29, 1.82) is 0 Å². The molecule has 0 aromatic carbocycles. The molecule has 0 N–H and O–H groups in total. The largest absolute Gasteiger partial charge is 0.462 e. The molecule has 6 nitrogen and oxygen atoms in total. The highest BCUT2D eigenvalue weighted by Crippen LogP contribution is 2.15. The van der Waals surface area contributed by atoms with Gasteiger partial charge in [-0.05, 0) is 89.9 Å². The maximum atomic E-state index is 12.8. The van der Waals surface area contributed by atoms with E-state index in [1.54, 1.807) is 0 Å². The average Bonchev–Trinajstić information content (AvgIpc) is 3.38. The minimum atomic E-state index is -0.781. The zero-order chi connectivity index (χ0) is 52.2. The molecule has 0 aliphatic heterocycles. The molecule has 0 heterocycles. The zero-order valence-electron chi connectivity index (χ0n) is 46.9. The second-order valence-corrected chi connectivity index (χ2v) is 19.5. The number of ether oxygens (including phenoxy) is 3. The van der Waals surface area contributed by atoms with E-state index in [1.807, 2.05) is 0 Å². The van der Waals surface area contributed by atoms with Gasteiger partial charge in [0.1, 0.15) is 13.2 Å². The summed E-state index contributed by atoms with van der Waals surface area (Å²) >= 11 is 0. The molecular weight excluding hydrogens is 889 g/mol. The highest BCUT2D eigenvalue weighted by Gasteiger charge is 2.19. The van der Waals surface area contributed by atoms with Gasteiger partial charge in [-0.2, -0.15) is 0 Å². The van der Waals surface area contributed by atoms with Crippen molar-refractivity contribution in [3.05, 3.63) is 109 Å². The van der Waals surface area contributed by atoms with Crippen molar-refractivity contribution in [3.63, 3.8) is 0 Å². The van der Waals surface area contributed by atoms with Crippen LogP contribution in [0, 0.1) is 0 Å². The third-order valence-corrected chi connectivity index (χ3v) is 12.5. The third-order valence-electron chi connectivity index (χ3n) is 12.5. The Bertz CT molecular complexity index is 1470. The van der Waals surface area contributed by atoms with E-state index in [1.165, 1.54) is 89.9 Å². The Balaban J connectivity index is 4.11. The minimum absolute atomic E-state index is 0.0832. The Morgan fingerprint density at radius 3 is 0.847 bits per heavy atom. The van der Waals surface area contributed by atoms with Crippen molar-refractivity contribution in [2.24, 2.45) is 0 Å². The predicted octanol–water partition coefficient (Wildman–Crippen LogP) is 20.3. The van der Waals surface area contributed by atoms with Gasteiger partial charge in [-0.1, -0.05) is 271 Å². The lowest BCUT2D eigenvalue weighted by molar-refractivity contribution is -0.167. The minimum Gasteiger partial charge on any atom is -0.462 e. The first kappa shape index (κ1) is 68.1. The molecule has 1 atom stereocenters. The van der Waals surface area contributed by atoms with E-state index < -0.39 is 6.10 Å². The van der Waals surface area contributed by atoms with Crippen molar-refractivity contribution < 1.29 is 28.6 Å². The van der Waals surface area contributed by atoms with Crippen LogP contribution < -0.4 is 0 Å². The van der Waals surface area contributed by atoms with E-state index >= 15 is 0 Å². The van der Waals surface area contributed by atoms with Crippen molar-refractivity contribution in [2.45, 2.75) is 277 Å². The molecule has 6 heteroatoms. The first-order valence-corrected chi connectivity index (χ1v) is 29.9. The van der Waals surface area contributed by atoms with Crippen molar-refractivity contribution in [1.82, 2.24) is 0 Å². The number of hydrogen-bond donors (Lipinski definition) is 0. The third kappa shape index (κ3) is 57.0. The quantitative estimate of drug-likeness (QED) is 0.0261. The van der Waals surface area contributed by atoms with Crippen LogP contribution in [0.15, 0.2) is 109 Å². The Labute approximate surface area is 444 Å². The number of hydrogen-bond acceptors (Lipinski definition) is 6. The van der Waals surface area contributed by atoms with Gasteiger partial charge in [0.2, 0.25) is 0 Å². The summed E-state index contributed by atoms with van der Waals surface area (Å²) in [6, 6.07) is 0.